The Morgan fingerprint density at radius 3 is 2.55 bits per heavy atom. The molecule has 0 radical (unpaired) electrons. The van der Waals surface area contributed by atoms with E-state index in [-0.39, 0.29) is 6.04 Å². The van der Waals surface area contributed by atoms with Crippen LogP contribution < -0.4 is 10.1 Å². The van der Waals surface area contributed by atoms with Crippen LogP contribution in [0.5, 0.6) is 5.75 Å². The zero-order chi connectivity index (χ0) is 14.7. The predicted molar refractivity (Wildman–Crippen MR) is 88.9 cm³/mol. The molecule has 0 aliphatic heterocycles. The van der Waals surface area contributed by atoms with Crippen LogP contribution in [0, 0.1) is 6.92 Å². The van der Waals surface area contributed by atoms with Crippen LogP contribution in [0.4, 0.5) is 5.69 Å². The van der Waals surface area contributed by atoms with Gasteiger partial charge in [-0.05, 0) is 55.3 Å². The van der Waals surface area contributed by atoms with E-state index in [2.05, 4.69) is 34.2 Å². The lowest BCUT2D eigenvalue weighted by Gasteiger charge is -2.18. The van der Waals surface area contributed by atoms with Crippen LogP contribution in [0.2, 0.25) is 5.02 Å². The van der Waals surface area contributed by atoms with E-state index in [1.807, 2.05) is 37.3 Å². The van der Waals surface area contributed by atoms with Crippen molar-refractivity contribution in [3.8, 4) is 5.75 Å². The topological polar surface area (TPSA) is 21.3 Å². The van der Waals surface area contributed by atoms with Crippen molar-refractivity contribution in [1.82, 2.24) is 0 Å². The first-order chi connectivity index (χ1) is 9.51. The summed E-state index contributed by atoms with van der Waals surface area (Å²) in [5, 5.41) is 4.21. The summed E-state index contributed by atoms with van der Waals surface area (Å²) in [6.45, 7) is 4.12. The van der Waals surface area contributed by atoms with Crippen LogP contribution in [0.15, 0.2) is 40.9 Å². The van der Waals surface area contributed by atoms with Gasteiger partial charge in [-0.25, -0.2) is 0 Å². The standard InChI is InChI=1S/C16H17BrClNO/c1-10-8-13(5-7-16(10)20-3)19-11(2)14-6-4-12(17)9-15(14)18/h4-9,11,19H,1-3H3. The SMILES string of the molecule is COc1ccc(NC(C)c2ccc(Br)cc2Cl)cc1C. The minimum atomic E-state index is 0.128. The number of nitrogens with one attached hydrogen (secondary N) is 1. The molecular formula is C16H17BrClNO. The summed E-state index contributed by atoms with van der Waals surface area (Å²) in [7, 11) is 1.68. The van der Waals surface area contributed by atoms with Gasteiger partial charge in [0.2, 0.25) is 0 Å². The number of ether oxygens (including phenoxy) is 1. The van der Waals surface area contributed by atoms with E-state index in [0.29, 0.717) is 0 Å². The Labute approximate surface area is 133 Å². The number of aryl methyl sites for hydroxylation is 1. The van der Waals surface area contributed by atoms with E-state index in [1.165, 1.54) is 0 Å². The minimum absolute atomic E-state index is 0.128. The molecule has 20 heavy (non-hydrogen) atoms. The van der Waals surface area contributed by atoms with Crippen LogP contribution in [0.25, 0.3) is 0 Å². The van der Waals surface area contributed by atoms with Crippen molar-refractivity contribution < 1.29 is 4.74 Å². The van der Waals surface area contributed by atoms with Crippen molar-refractivity contribution in [1.29, 1.82) is 0 Å². The van der Waals surface area contributed by atoms with Crippen LogP contribution in [-0.2, 0) is 0 Å². The van der Waals surface area contributed by atoms with E-state index in [0.717, 1.165) is 32.1 Å². The van der Waals surface area contributed by atoms with Crippen molar-refractivity contribution in [3.05, 3.63) is 57.0 Å². The predicted octanol–water partition coefficient (Wildman–Crippen LogP) is 5.59. The maximum Gasteiger partial charge on any atom is 0.121 e. The molecule has 1 unspecified atom stereocenters. The first-order valence-electron chi connectivity index (χ1n) is 6.37. The lowest BCUT2D eigenvalue weighted by molar-refractivity contribution is 0.412. The van der Waals surface area contributed by atoms with Gasteiger partial charge in [-0.1, -0.05) is 33.6 Å². The van der Waals surface area contributed by atoms with Crippen LogP contribution in [-0.4, -0.2) is 7.11 Å². The second-order valence-electron chi connectivity index (χ2n) is 4.72. The maximum absolute atomic E-state index is 6.28. The molecule has 0 fully saturated rings. The summed E-state index contributed by atoms with van der Waals surface area (Å²) in [5.41, 5.74) is 3.23. The zero-order valence-electron chi connectivity index (χ0n) is 11.7. The molecule has 2 aromatic carbocycles. The highest BCUT2D eigenvalue weighted by atomic mass is 79.9. The fourth-order valence-electron chi connectivity index (χ4n) is 2.15. The maximum atomic E-state index is 6.28. The number of rotatable bonds is 4. The molecule has 0 saturated carbocycles. The number of anilines is 1. The largest absolute Gasteiger partial charge is 0.496 e. The minimum Gasteiger partial charge on any atom is -0.496 e. The molecule has 0 amide bonds. The molecule has 0 aromatic heterocycles. The van der Waals surface area contributed by atoms with Crippen molar-refractivity contribution in [2.24, 2.45) is 0 Å². The van der Waals surface area contributed by atoms with Gasteiger partial charge in [0, 0.05) is 21.2 Å². The van der Waals surface area contributed by atoms with Gasteiger partial charge in [-0.2, -0.15) is 0 Å². The molecule has 1 N–H and O–H groups in total. The van der Waals surface area contributed by atoms with Crippen molar-refractivity contribution in [2.45, 2.75) is 19.9 Å². The number of hydrogen-bond donors (Lipinski definition) is 1. The molecule has 0 heterocycles. The van der Waals surface area contributed by atoms with Gasteiger partial charge in [0.05, 0.1) is 7.11 Å². The molecule has 2 nitrogen and oxygen atoms in total. The average molecular weight is 355 g/mol. The summed E-state index contributed by atoms with van der Waals surface area (Å²) < 4.78 is 6.25. The molecule has 0 saturated heterocycles. The lowest BCUT2D eigenvalue weighted by atomic mass is 10.1. The fourth-order valence-corrected chi connectivity index (χ4v) is 2.99. The molecule has 0 bridgehead atoms. The summed E-state index contributed by atoms with van der Waals surface area (Å²) in [6.07, 6.45) is 0. The monoisotopic (exact) mass is 353 g/mol. The molecule has 2 aromatic rings. The van der Waals surface area contributed by atoms with Crippen LogP contribution in [0.3, 0.4) is 0 Å². The summed E-state index contributed by atoms with van der Waals surface area (Å²) in [6, 6.07) is 12.1. The number of halogens is 2. The Morgan fingerprint density at radius 1 is 1.20 bits per heavy atom. The van der Waals surface area contributed by atoms with E-state index in [1.54, 1.807) is 7.11 Å². The molecular weight excluding hydrogens is 338 g/mol. The van der Waals surface area contributed by atoms with Gasteiger partial charge in [-0.15, -0.1) is 0 Å². The van der Waals surface area contributed by atoms with Crippen LogP contribution in [0.1, 0.15) is 24.1 Å². The number of benzene rings is 2. The molecule has 0 aliphatic rings. The Morgan fingerprint density at radius 2 is 1.95 bits per heavy atom. The quantitative estimate of drug-likeness (QED) is 0.772. The smallest absolute Gasteiger partial charge is 0.121 e. The number of hydrogen-bond acceptors (Lipinski definition) is 2. The molecule has 106 valence electrons. The third-order valence-corrected chi connectivity index (χ3v) is 4.03. The van der Waals surface area contributed by atoms with Gasteiger partial charge in [0.25, 0.3) is 0 Å². The Balaban J connectivity index is 2.18. The molecule has 0 aliphatic carbocycles. The van der Waals surface area contributed by atoms with E-state index < -0.39 is 0 Å². The van der Waals surface area contributed by atoms with E-state index >= 15 is 0 Å². The first-order valence-corrected chi connectivity index (χ1v) is 7.54. The average Bonchev–Trinajstić information content (AvgIpc) is 2.38. The van der Waals surface area contributed by atoms with Gasteiger partial charge >= 0.3 is 0 Å². The van der Waals surface area contributed by atoms with Gasteiger partial charge in [0.15, 0.2) is 0 Å². The fraction of sp³-hybridized carbons (Fsp3) is 0.250. The Kier molecular flexibility index (Phi) is 4.95. The first kappa shape index (κ1) is 15.2. The highest BCUT2D eigenvalue weighted by Gasteiger charge is 2.10. The highest BCUT2D eigenvalue weighted by Crippen LogP contribution is 2.30. The second kappa shape index (κ2) is 6.51. The van der Waals surface area contributed by atoms with Crippen molar-refractivity contribution in [3.63, 3.8) is 0 Å². The molecule has 0 spiro atoms. The van der Waals surface area contributed by atoms with Crippen LogP contribution >= 0.6 is 27.5 Å². The zero-order valence-corrected chi connectivity index (χ0v) is 14.0. The molecule has 4 heteroatoms. The van der Waals surface area contributed by atoms with Gasteiger partial charge in [0.1, 0.15) is 5.75 Å². The lowest BCUT2D eigenvalue weighted by Crippen LogP contribution is -2.07. The highest BCUT2D eigenvalue weighted by molar-refractivity contribution is 9.10. The normalized spacial score (nSPS) is 12.1. The third kappa shape index (κ3) is 3.47. The second-order valence-corrected chi connectivity index (χ2v) is 6.04. The van der Waals surface area contributed by atoms with E-state index in [4.69, 9.17) is 16.3 Å². The Hall–Kier alpha value is -1.19. The van der Waals surface area contributed by atoms with Gasteiger partial charge in [-0.3, -0.25) is 0 Å². The molecule has 2 rings (SSSR count). The van der Waals surface area contributed by atoms with Crippen molar-refractivity contribution in [2.75, 3.05) is 12.4 Å². The summed E-state index contributed by atoms with van der Waals surface area (Å²) >= 11 is 9.70. The summed E-state index contributed by atoms with van der Waals surface area (Å²) in [4.78, 5) is 0. The Bertz CT molecular complexity index is 615. The van der Waals surface area contributed by atoms with E-state index in [9.17, 15) is 0 Å². The van der Waals surface area contributed by atoms with Gasteiger partial charge < -0.3 is 10.1 Å². The summed E-state index contributed by atoms with van der Waals surface area (Å²) in [5.74, 6) is 0.893. The van der Waals surface area contributed by atoms with Crippen molar-refractivity contribution >= 4 is 33.2 Å². The third-order valence-electron chi connectivity index (χ3n) is 3.21. The number of methoxy groups -OCH3 is 1. The molecule has 1 atom stereocenters.